The van der Waals surface area contributed by atoms with Gasteiger partial charge in [-0.2, -0.15) is 12.7 Å². The number of methoxy groups -OCH3 is 1. The molecule has 0 unspecified atom stereocenters. The van der Waals surface area contributed by atoms with Crippen molar-refractivity contribution in [2.24, 2.45) is 23.7 Å². The summed E-state index contributed by atoms with van der Waals surface area (Å²) >= 11 is 0. The average Bonchev–Trinajstić information content (AvgIpc) is 3.46. The molecule has 4 rings (SSSR count). The molecular formula is C23H33N5O5S. The number of nitrogens with zero attached hydrogens (tertiary/aromatic N) is 2. The Morgan fingerprint density at radius 2 is 1.97 bits per heavy atom. The first-order chi connectivity index (χ1) is 16.4. The van der Waals surface area contributed by atoms with Crippen molar-refractivity contribution in [1.29, 1.82) is 0 Å². The highest BCUT2D eigenvalue weighted by Gasteiger charge is 2.36. The number of piperidine rings is 1. The van der Waals surface area contributed by atoms with E-state index in [0.29, 0.717) is 74.0 Å². The Morgan fingerprint density at radius 1 is 1.18 bits per heavy atom. The Labute approximate surface area is 200 Å². The summed E-state index contributed by atoms with van der Waals surface area (Å²) in [5.41, 5.74) is 0.382. The molecule has 1 aromatic rings. The fourth-order valence-corrected chi connectivity index (χ4v) is 6.35. The third-order valence-electron chi connectivity index (χ3n) is 7.16. The number of amides is 3. The highest BCUT2D eigenvalue weighted by molar-refractivity contribution is 7.87. The zero-order chi connectivity index (χ0) is 24.1. The van der Waals surface area contributed by atoms with Gasteiger partial charge in [0.15, 0.2) is 0 Å². The number of hydrogen-bond donors (Lipinski definition) is 3. The number of urea groups is 1. The monoisotopic (exact) mass is 491 g/mol. The van der Waals surface area contributed by atoms with Crippen LogP contribution in [0.15, 0.2) is 30.6 Å². The lowest BCUT2D eigenvalue weighted by atomic mass is 9.94. The van der Waals surface area contributed by atoms with Gasteiger partial charge in [-0.15, -0.1) is 0 Å². The first-order valence-electron chi connectivity index (χ1n) is 11.9. The van der Waals surface area contributed by atoms with Crippen molar-refractivity contribution in [3.8, 4) is 5.75 Å². The van der Waals surface area contributed by atoms with Gasteiger partial charge in [-0.25, -0.2) is 9.52 Å². The molecule has 1 saturated heterocycles. The van der Waals surface area contributed by atoms with Crippen molar-refractivity contribution in [1.82, 2.24) is 24.6 Å². The fourth-order valence-electron chi connectivity index (χ4n) is 5.22. The van der Waals surface area contributed by atoms with Crippen molar-refractivity contribution in [3.05, 3.63) is 36.2 Å². The molecule has 3 aliphatic rings. The van der Waals surface area contributed by atoms with Crippen LogP contribution in [-0.2, 0) is 10.2 Å². The lowest BCUT2D eigenvalue weighted by Crippen LogP contribution is -2.50. The van der Waals surface area contributed by atoms with Gasteiger partial charge in [-0.05, 0) is 61.8 Å². The van der Waals surface area contributed by atoms with Gasteiger partial charge >= 0.3 is 16.2 Å². The van der Waals surface area contributed by atoms with Crippen LogP contribution in [0.4, 0.5) is 4.79 Å². The first-order valence-corrected chi connectivity index (χ1v) is 13.3. The van der Waals surface area contributed by atoms with Gasteiger partial charge in [-0.3, -0.25) is 9.78 Å². The van der Waals surface area contributed by atoms with Gasteiger partial charge in [0.1, 0.15) is 5.75 Å². The molecule has 10 nitrogen and oxygen atoms in total. The Balaban J connectivity index is 1.15. The highest BCUT2D eigenvalue weighted by Crippen LogP contribution is 2.42. The van der Waals surface area contributed by atoms with Gasteiger partial charge in [0.2, 0.25) is 0 Å². The lowest BCUT2D eigenvalue weighted by Gasteiger charge is -2.31. The zero-order valence-corrected chi connectivity index (χ0v) is 20.2. The largest absolute Gasteiger partial charge is 0.496 e. The summed E-state index contributed by atoms with van der Waals surface area (Å²) in [5.74, 6) is 2.01. The summed E-state index contributed by atoms with van der Waals surface area (Å²) < 4.78 is 33.9. The van der Waals surface area contributed by atoms with Gasteiger partial charge in [0, 0.05) is 38.6 Å². The molecule has 3 atom stereocenters. The van der Waals surface area contributed by atoms with Gasteiger partial charge in [0.05, 0.1) is 12.7 Å². The first kappa shape index (κ1) is 24.5. The molecule has 2 heterocycles. The van der Waals surface area contributed by atoms with E-state index in [-0.39, 0.29) is 5.91 Å². The summed E-state index contributed by atoms with van der Waals surface area (Å²) in [4.78, 5) is 28.5. The number of fused-ring (bicyclic) bond motifs is 2. The molecule has 34 heavy (non-hydrogen) atoms. The number of rotatable bonds is 9. The maximum Gasteiger partial charge on any atom is 0.329 e. The van der Waals surface area contributed by atoms with Gasteiger partial charge < -0.3 is 15.4 Å². The summed E-state index contributed by atoms with van der Waals surface area (Å²) in [6.07, 6.45) is 11.8. The predicted molar refractivity (Wildman–Crippen MR) is 126 cm³/mol. The highest BCUT2D eigenvalue weighted by atomic mass is 32.2. The topological polar surface area (TPSA) is 130 Å². The van der Waals surface area contributed by atoms with Gasteiger partial charge in [0.25, 0.3) is 5.91 Å². The molecule has 2 bridgehead atoms. The molecule has 3 N–H and O–H groups in total. The number of ether oxygens (including phenoxy) is 1. The van der Waals surface area contributed by atoms with Crippen LogP contribution in [0.1, 0.15) is 42.5 Å². The molecule has 11 heteroatoms. The second-order valence-corrected chi connectivity index (χ2v) is 11.0. The van der Waals surface area contributed by atoms with Crippen molar-refractivity contribution < 1.29 is 22.7 Å². The Kier molecular flexibility index (Phi) is 7.72. The Bertz CT molecular complexity index is 1020. The van der Waals surface area contributed by atoms with E-state index in [0.717, 1.165) is 19.3 Å². The van der Waals surface area contributed by atoms with E-state index < -0.39 is 16.2 Å². The number of hydrogen-bond acceptors (Lipinski definition) is 6. The Hall–Kier alpha value is -2.66. The standard InChI is InChI=1S/C23H33N5O5S/c1-33-21-5-8-24-15-20(21)22(29)25-9-4-16-6-10-28(11-7-16)34(31,32)27-23(30)26-14-19-13-17-2-3-18(19)12-17/h2-3,5,8,15-19H,4,6-7,9-14H2,1H3,(H,25,29)(H2,26,27,30)/t17-,18-,19+/m1/s1. The van der Waals surface area contributed by atoms with Crippen LogP contribution in [-0.4, -0.2) is 62.9 Å². The van der Waals surface area contributed by atoms with E-state index in [1.54, 1.807) is 12.3 Å². The second kappa shape index (κ2) is 10.7. The number of pyridine rings is 1. The minimum absolute atomic E-state index is 0.248. The van der Waals surface area contributed by atoms with Crippen LogP contribution < -0.4 is 20.1 Å². The summed E-state index contributed by atoms with van der Waals surface area (Å²) in [7, 11) is -2.37. The second-order valence-electron chi connectivity index (χ2n) is 9.32. The SMILES string of the molecule is COc1ccncc1C(=O)NCCC1CCN(S(=O)(=O)NC(=O)NC[C@@H]2C[C@@H]3C=C[C@@H]2C3)CC1. The predicted octanol–water partition coefficient (Wildman–Crippen LogP) is 1.68. The Morgan fingerprint density at radius 3 is 2.65 bits per heavy atom. The molecule has 0 radical (unpaired) electrons. The molecule has 0 spiro atoms. The summed E-state index contributed by atoms with van der Waals surface area (Å²) in [6.45, 7) is 1.66. The van der Waals surface area contributed by atoms with Crippen molar-refractivity contribution in [2.75, 3.05) is 33.3 Å². The maximum absolute atomic E-state index is 12.6. The van der Waals surface area contributed by atoms with Crippen LogP contribution in [0.2, 0.25) is 0 Å². The van der Waals surface area contributed by atoms with Crippen LogP contribution in [0.3, 0.4) is 0 Å². The van der Waals surface area contributed by atoms with E-state index in [2.05, 4.69) is 32.5 Å². The molecule has 3 amide bonds. The van der Waals surface area contributed by atoms with Crippen molar-refractivity contribution in [2.45, 2.75) is 32.1 Å². The van der Waals surface area contributed by atoms with Crippen molar-refractivity contribution >= 4 is 22.1 Å². The molecule has 2 aliphatic carbocycles. The normalized spacial score (nSPS) is 24.7. The third kappa shape index (κ3) is 5.87. The number of carbonyl (C=O) groups is 2. The molecule has 1 saturated carbocycles. The summed E-state index contributed by atoms with van der Waals surface area (Å²) in [6, 6.07) is 0.970. The van der Waals surface area contributed by atoms with Crippen LogP contribution in [0, 0.1) is 23.7 Å². The molecule has 186 valence electrons. The van der Waals surface area contributed by atoms with E-state index in [1.165, 1.54) is 17.6 Å². The molecule has 0 aromatic carbocycles. The van der Waals surface area contributed by atoms with Crippen LogP contribution >= 0.6 is 0 Å². The quantitative estimate of drug-likeness (QED) is 0.451. The third-order valence-corrected chi connectivity index (χ3v) is 8.65. The van der Waals surface area contributed by atoms with Crippen molar-refractivity contribution in [3.63, 3.8) is 0 Å². The number of aromatic nitrogens is 1. The van der Waals surface area contributed by atoms with E-state index in [9.17, 15) is 18.0 Å². The van der Waals surface area contributed by atoms with Crippen LogP contribution in [0.5, 0.6) is 5.75 Å². The molecule has 2 fully saturated rings. The van der Waals surface area contributed by atoms with E-state index in [4.69, 9.17) is 4.74 Å². The minimum atomic E-state index is -3.87. The fraction of sp³-hybridized carbons (Fsp3) is 0.609. The number of carbonyl (C=O) groups excluding carboxylic acids is 2. The maximum atomic E-state index is 12.6. The van der Waals surface area contributed by atoms with Gasteiger partial charge in [-0.1, -0.05) is 12.2 Å². The average molecular weight is 492 g/mol. The van der Waals surface area contributed by atoms with E-state index >= 15 is 0 Å². The minimum Gasteiger partial charge on any atom is -0.496 e. The zero-order valence-electron chi connectivity index (χ0n) is 19.4. The lowest BCUT2D eigenvalue weighted by molar-refractivity contribution is 0.0946. The summed E-state index contributed by atoms with van der Waals surface area (Å²) in [5, 5.41) is 5.61. The molecular weight excluding hydrogens is 458 g/mol. The molecule has 1 aromatic heterocycles. The van der Waals surface area contributed by atoms with E-state index in [1.807, 2.05) is 0 Å². The number of allylic oxidation sites excluding steroid dienone is 2. The number of nitrogens with one attached hydrogen (secondary N) is 3. The molecule has 1 aliphatic heterocycles. The van der Waals surface area contributed by atoms with Crippen LogP contribution in [0.25, 0.3) is 0 Å². The smallest absolute Gasteiger partial charge is 0.329 e.